The third-order valence-electron chi connectivity index (χ3n) is 5.15. The summed E-state index contributed by atoms with van der Waals surface area (Å²) >= 11 is 1.66. The van der Waals surface area contributed by atoms with Crippen molar-refractivity contribution in [3.05, 3.63) is 95.9 Å². The molecule has 0 bridgehead atoms. The van der Waals surface area contributed by atoms with Crippen molar-refractivity contribution in [2.24, 2.45) is 0 Å². The van der Waals surface area contributed by atoms with Gasteiger partial charge in [-0.3, -0.25) is 14.4 Å². The lowest BCUT2D eigenvalue weighted by Crippen LogP contribution is -2.31. The maximum absolute atomic E-state index is 12.6. The van der Waals surface area contributed by atoms with Crippen molar-refractivity contribution in [1.82, 2.24) is 14.7 Å². The number of fused-ring (bicyclic) bond motifs is 1. The van der Waals surface area contributed by atoms with Crippen molar-refractivity contribution >= 4 is 40.9 Å². The largest absolute Gasteiger partial charge is 0.468 e. The van der Waals surface area contributed by atoms with Crippen LogP contribution in [0.1, 0.15) is 21.6 Å². The minimum absolute atomic E-state index is 0.124. The monoisotopic (exact) mass is 488 g/mol. The van der Waals surface area contributed by atoms with Crippen LogP contribution >= 0.6 is 11.8 Å². The van der Waals surface area contributed by atoms with Crippen molar-refractivity contribution in [3.8, 4) is 0 Å². The van der Waals surface area contributed by atoms with E-state index in [4.69, 9.17) is 0 Å². The number of hydrogen-bond donors (Lipinski definition) is 2. The third kappa shape index (κ3) is 6.70. The molecular formula is C26H24N4O4S. The fourth-order valence-electron chi connectivity index (χ4n) is 3.32. The lowest BCUT2D eigenvalue weighted by molar-refractivity contribution is -0.141. The van der Waals surface area contributed by atoms with Gasteiger partial charge in [0.1, 0.15) is 12.2 Å². The maximum atomic E-state index is 12.6. The zero-order chi connectivity index (χ0) is 24.6. The quantitative estimate of drug-likeness (QED) is 0.275. The number of nitrogens with zero attached hydrogens (tertiary/aromatic N) is 2. The van der Waals surface area contributed by atoms with Crippen LogP contribution in [-0.2, 0) is 26.5 Å². The number of esters is 1. The van der Waals surface area contributed by atoms with Crippen LogP contribution in [0.15, 0.2) is 84.0 Å². The van der Waals surface area contributed by atoms with E-state index in [1.807, 2.05) is 47.1 Å². The summed E-state index contributed by atoms with van der Waals surface area (Å²) in [5.74, 6) is -0.271. The Hall–Kier alpha value is -4.11. The number of carbonyl (C=O) groups excluding carboxylic acids is 3. The highest BCUT2D eigenvalue weighted by molar-refractivity contribution is 7.98. The average Bonchev–Trinajstić information content (AvgIpc) is 3.30. The molecule has 8 nitrogen and oxygen atoms in total. The van der Waals surface area contributed by atoms with Crippen LogP contribution in [0.4, 0.5) is 5.69 Å². The smallest absolute Gasteiger partial charge is 0.325 e. The Labute approximate surface area is 206 Å². The number of thioether (sulfide) groups is 1. The van der Waals surface area contributed by atoms with Crippen LogP contribution in [0.3, 0.4) is 0 Å². The van der Waals surface area contributed by atoms with Crippen molar-refractivity contribution in [2.45, 2.75) is 17.1 Å². The lowest BCUT2D eigenvalue weighted by atomic mass is 10.1. The molecular weight excluding hydrogens is 464 g/mol. The van der Waals surface area contributed by atoms with Gasteiger partial charge in [0.2, 0.25) is 5.91 Å². The number of carbonyl (C=O) groups is 3. The van der Waals surface area contributed by atoms with Gasteiger partial charge in [0.05, 0.1) is 19.2 Å². The van der Waals surface area contributed by atoms with Gasteiger partial charge in [-0.05, 0) is 54.1 Å². The minimum atomic E-state index is -0.505. The highest BCUT2D eigenvalue weighted by atomic mass is 32.2. The molecule has 0 aliphatic heterocycles. The number of amides is 2. The number of aromatic nitrogens is 2. The molecule has 2 N–H and O–H groups in total. The van der Waals surface area contributed by atoms with Crippen LogP contribution in [0.5, 0.6) is 0 Å². The summed E-state index contributed by atoms with van der Waals surface area (Å²) in [7, 11) is 1.26. The predicted molar refractivity (Wildman–Crippen MR) is 134 cm³/mol. The van der Waals surface area contributed by atoms with Crippen molar-refractivity contribution in [3.63, 3.8) is 0 Å². The maximum Gasteiger partial charge on any atom is 0.325 e. The number of nitrogens with one attached hydrogen (secondary N) is 2. The number of rotatable bonds is 9. The van der Waals surface area contributed by atoms with Crippen molar-refractivity contribution in [1.29, 1.82) is 0 Å². The van der Waals surface area contributed by atoms with Crippen LogP contribution in [0.25, 0.3) is 5.65 Å². The Balaban J connectivity index is 1.27. The van der Waals surface area contributed by atoms with Gasteiger partial charge in [-0.15, -0.1) is 11.8 Å². The van der Waals surface area contributed by atoms with E-state index in [9.17, 15) is 14.4 Å². The molecule has 2 amide bonds. The average molecular weight is 489 g/mol. The van der Waals surface area contributed by atoms with Gasteiger partial charge in [-0.1, -0.05) is 18.2 Å². The Morgan fingerprint density at radius 1 is 1.00 bits per heavy atom. The second kappa shape index (κ2) is 11.3. The van der Waals surface area contributed by atoms with E-state index in [-0.39, 0.29) is 24.8 Å². The van der Waals surface area contributed by atoms with Gasteiger partial charge in [-0.2, -0.15) is 0 Å². The molecule has 0 saturated heterocycles. The lowest BCUT2D eigenvalue weighted by Gasteiger charge is -2.08. The molecule has 0 aliphatic rings. The normalized spacial score (nSPS) is 10.7. The van der Waals surface area contributed by atoms with E-state index in [1.54, 1.807) is 48.2 Å². The van der Waals surface area contributed by atoms with Gasteiger partial charge in [0, 0.05) is 34.3 Å². The summed E-state index contributed by atoms with van der Waals surface area (Å²) in [5.41, 5.74) is 3.85. The predicted octanol–water partition coefficient (Wildman–Crippen LogP) is 3.71. The molecule has 178 valence electrons. The van der Waals surface area contributed by atoms with Crippen LogP contribution in [-0.4, -0.2) is 40.8 Å². The number of hydrogen-bond acceptors (Lipinski definition) is 6. The second-order valence-electron chi connectivity index (χ2n) is 7.69. The van der Waals surface area contributed by atoms with Gasteiger partial charge in [-0.25, -0.2) is 4.98 Å². The summed E-state index contributed by atoms with van der Waals surface area (Å²) in [6, 6.07) is 20.3. The first-order valence-electron chi connectivity index (χ1n) is 10.9. The molecule has 0 fully saturated rings. The van der Waals surface area contributed by atoms with Crippen LogP contribution < -0.4 is 10.6 Å². The Kier molecular flexibility index (Phi) is 7.79. The first-order valence-corrected chi connectivity index (χ1v) is 11.9. The number of methoxy groups -OCH3 is 1. The number of benzene rings is 2. The number of imidazole rings is 1. The molecule has 0 unspecified atom stereocenters. The second-order valence-corrected chi connectivity index (χ2v) is 8.74. The third-order valence-corrected chi connectivity index (χ3v) is 6.20. The molecule has 2 heterocycles. The Morgan fingerprint density at radius 2 is 1.77 bits per heavy atom. The molecule has 35 heavy (non-hydrogen) atoms. The molecule has 0 radical (unpaired) electrons. The molecule has 0 atom stereocenters. The summed E-state index contributed by atoms with van der Waals surface area (Å²) < 4.78 is 6.48. The summed E-state index contributed by atoms with van der Waals surface area (Å²) in [6.07, 6.45) is 4.12. The summed E-state index contributed by atoms with van der Waals surface area (Å²) in [5, 5.41) is 5.35. The number of pyridine rings is 1. The molecule has 4 aromatic rings. The number of ether oxygens (including phenoxy) is 1. The van der Waals surface area contributed by atoms with Gasteiger partial charge >= 0.3 is 5.97 Å². The number of anilines is 1. The fourth-order valence-corrected chi connectivity index (χ4v) is 4.10. The van der Waals surface area contributed by atoms with E-state index in [2.05, 4.69) is 20.4 Å². The highest BCUT2D eigenvalue weighted by Gasteiger charge is 2.09. The molecule has 0 spiro atoms. The van der Waals surface area contributed by atoms with Crippen LogP contribution in [0.2, 0.25) is 0 Å². The minimum Gasteiger partial charge on any atom is -0.468 e. The van der Waals surface area contributed by atoms with Gasteiger partial charge in [0.25, 0.3) is 5.91 Å². The summed E-state index contributed by atoms with van der Waals surface area (Å²) in [4.78, 5) is 41.2. The van der Waals surface area contributed by atoms with E-state index in [1.165, 1.54) is 7.11 Å². The SMILES string of the molecule is COC(=O)CNC(=O)Cc1ccc(NC(=O)c2ccc(SCc3cn4ccccc4n3)cc2)cc1. The first kappa shape index (κ1) is 24.0. The standard InChI is InChI=1S/C26H24N4O4S/c1-34-25(32)15-27-24(31)14-18-5-9-20(10-6-18)29-26(33)19-7-11-22(12-8-19)35-17-21-16-30-13-3-2-4-23(30)28-21/h2-13,16H,14-15,17H2,1H3,(H,27,31)(H,29,33). The zero-order valence-electron chi connectivity index (χ0n) is 19.1. The zero-order valence-corrected chi connectivity index (χ0v) is 19.9. The highest BCUT2D eigenvalue weighted by Crippen LogP contribution is 2.23. The van der Waals surface area contributed by atoms with E-state index in [0.717, 1.165) is 27.6 Å². The van der Waals surface area contributed by atoms with Gasteiger partial charge in [0.15, 0.2) is 0 Å². The molecule has 4 rings (SSSR count). The molecule has 2 aromatic carbocycles. The molecule has 9 heteroatoms. The van der Waals surface area contributed by atoms with E-state index >= 15 is 0 Å². The summed E-state index contributed by atoms with van der Waals surface area (Å²) in [6.45, 7) is -0.165. The van der Waals surface area contributed by atoms with Crippen molar-refractivity contribution in [2.75, 3.05) is 19.0 Å². The van der Waals surface area contributed by atoms with Crippen molar-refractivity contribution < 1.29 is 19.1 Å². The molecule has 2 aromatic heterocycles. The Morgan fingerprint density at radius 3 is 2.49 bits per heavy atom. The molecule has 0 aliphatic carbocycles. The fraction of sp³-hybridized carbons (Fsp3) is 0.154. The molecule has 0 saturated carbocycles. The first-order chi connectivity index (χ1) is 17.0. The van der Waals surface area contributed by atoms with Crippen LogP contribution in [0, 0.1) is 0 Å². The van der Waals surface area contributed by atoms with Gasteiger partial charge < -0.3 is 19.8 Å². The Bertz CT molecular complexity index is 1300. The topological polar surface area (TPSA) is 102 Å². The van der Waals surface area contributed by atoms with E-state index in [0.29, 0.717) is 11.3 Å². The van der Waals surface area contributed by atoms with E-state index < -0.39 is 5.97 Å².